The molecule has 1 aliphatic carbocycles. The van der Waals surface area contributed by atoms with Crippen LogP contribution in [-0.2, 0) is 10.2 Å². The van der Waals surface area contributed by atoms with Crippen molar-refractivity contribution in [3.8, 4) is 0 Å². The third kappa shape index (κ3) is 4.31. The van der Waals surface area contributed by atoms with Crippen molar-refractivity contribution in [1.82, 2.24) is 4.90 Å². The van der Waals surface area contributed by atoms with Gasteiger partial charge in [-0.3, -0.25) is 9.59 Å². The molecule has 1 fully saturated rings. The van der Waals surface area contributed by atoms with Crippen molar-refractivity contribution in [3.05, 3.63) is 35.4 Å². The van der Waals surface area contributed by atoms with Gasteiger partial charge in [-0.05, 0) is 41.9 Å². The van der Waals surface area contributed by atoms with Crippen molar-refractivity contribution in [2.45, 2.75) is 39.0 Å². The van der Waals surface area contributed by atoms with E-state index < -0.39 is 5.97 Å². The third-order valence-corrected chi connectivity index (χ3v) is 3.79. The Bertz CT molecular complexity index is 524. The fourth-order valence-corrected chi connectivity index (χ4v) is 2.29. The molecule has 0 aliphatic heterocycles. The zero-order chi connectivity index (χ0) is 15.6. The molecule has 4 heteroatoms. The molecule has 114 valence electrons. The number of hydrogen-bond acceptors (Lipinski definition) is 2. The molecular weight excluding hydrogens is 266 g/mol. The number of amides is 1. The second-order valence-corrected chi connectivity index (χ2v) is 6.85. The first-order valence-electron chi connectivity index (χ1n) is 7.39. The molecule has 0 radical (unpaired) electrons. The first kappa shape index (κ1) is 15.5. The highest BCUT2D eigenvalue weighted by Gasteiger charge is 2.28. The summed E-state index contributed by atoms with van der Waals surface area (Å²) in [6.07, 6.45) is 2.18. The predicted octanol–water partition coefficient (Wildman–Crippen LogP) is 2.92. The summed E-state index contributed by atoms with van der Waals surface area (Å²) in [6, 6.07) is 7.49. The number of hydrogen-bond donors (Lipinski definition) is 1. The number of rotatable bonds is 5. The fraction of sp³-hybridized carbons (Fsp3) is 0.529. The lowest BCUT2D eigenvalue weighted by Crippen LogP contribution is -2.37. The Balaban J connectivity index is 2.13. The Kier molecular flexibility index (Phi) is 4.35. The molecular formula is C17H23NO3. The highest BCUT2D eigenvalue weighted by molar-refractivity contribution is 5.95. The molecule has 1 aliphatic rings. The molecule has 0 aromatic heterocycles. The third-order valence-electron chi connectivity index (χ3n) is 3.79. The Morgan fingerprint density at radius 3 is 2.19 bits per heavy atom. The maximum atomic E-state index is 12.5. The van der Waals surface area contributed by atoms with Crippen LogP contribution in [-0.4, -0.2) is 35.0 Å². The maximum absolute atomic E-state index is 12.5. The topological polar surface area (TPSA) is 57.6 Å². The number of nitrogens with zero attached hydrogens (tertiary/aromatic N) is 1. The van der Waals surface area contributed by atoms with E-state index in [1.807, 2.05) is 12.1 Å². The SMILES string of the molecule is CC(C)(C)c1ccc(C(=O)N(CC(=O)O)CC2CC2)cc1. The molecule has 1 aromatic carbocycles. The summed E-state index contributed by atoms with van der Waals surface area (Å²) in [5.74, 6) is -0.679. The van der Waals surface area contributed by atoms with Crippen molar-refractivity contribution >= 4 is 11.9 Å². The van der Waals surface area contributed by atoms with Crippen LogP contribution in [0, 0.1) is 5.92 Å². The Labute approximate surface area is 125 Å². The smallest absolute Gasteiger partial charge is 0.323 e. The van der Waals surface area contributed by atoms with E-state index in [0.29, 0.717) is 18.0 Å². The lowest BCUT2D eigenvalue weighted by Gasteiger charge is -2.22. The van der Waals surface area contributed by atoms with Crippen molar-refractivity contribution in [2.24, 2.45) is 5.92 Å². The summed E-state index contributed by atoms with van der Waals surface area (Å²) in [5, 5.41) is 8.97. The molecule has 0 atom stereocenters. The molecule has 0 heterocycles. The van der Waals surface area contributed by atoms with E-state index in [-0.39, 0.29) is 17.9 Å². The van der Waals surface area contributed by atoms with Gasteiger partial charge in [-0.25, -0.2) is 0 Å². The summed E-state index contributed by atoms with van der Waals surface area (Å²) in [6.45, 7) is 6.68. The number of carboxylic acids is 1. The van der Waals surface area contributed by atoms with Crippen molar-refractivity contribution in [3.63, 3.8) is 0 Å². The average Bonchev–Trinajstić information content (AvgIpc) is 3.20. The van der Waals surface area contributed by atoms with Crippen LogP contribution < -0.4 is 0 Å². The predicted molar refractivity (Wildman–Crippen MR) is 81.4 cm³/mol. The summed E-state index contributed by atoms with van der Waals surface area (Å²) in [5.41, 5.74) is 1.76. The van der Waals surface area contributed by atoms with Crippen LogP contribution in [0.4, 0.5) is 0 Å². The van der Waals surface area contributed by atoms with Crippen LogP contribution in [0.25, 0.3) is 0 Å². The van der Waals surface area contributed by atoms with Crippen molar-refractivity contribution < 1.29 is 14.7 Å². The van der Waals surface area contributed by atoms with Gasteiger partial charge in [0.05, 0.1) is 0 Å². The van der Waals surface area contributed by atoms with Crippen molar-refractivity contribution in [2.75, 3.05) is 13.1 Å². The van der Waals surface area contributed by atoms with Gasteiger partial charge in [-0.15, -0.1) is 0 Å². The van der Waals surface area contributed by atoms with Crippen LogP contribution in [0.1, 0.15) is 49.5 Å². The van der Waals surface area contributed by atoms with Crippen LogP contribution in [0.5, 0.6) is 0 Å². The second-order valence-electron chi connectivity index (χ2n) is 6.85. The van der Waals surface area contributed by atoms with Gasteiger partial charge in [-0.1, -0.05) is 32.9 Å². The van der Waals surface area contributed by atoms with Gasteiger partial charge in [0.1, 0.15) is 6.54 Å². The lowest BCUT2D eigenvalue weighted by molar-refractivity contribution is -0.137. The fourth-order valence-electron chi connectivity index (χ4n) is 2.29. The Morgan fingerprint density at radius 1 is 1.19 bits per heavy atom. The van der Waals surface area contributed by atoms with Crippen LogP contribution in [0.15, 0.2) is 24.3 Å². The molecule has 0 spiro atoms. The van der Waals surface area contributed by atoms with E-state index in [2.05, 4.69) is 20.8 Å². The van der Waals surface area contributed by atoms with E-state index in [9.17, 15) is 9.59 Å². The number of benzene rings is 1. The summed E-state index contributed by atoms with van der Waals surface area (Å²) in [7, 11) is 0. The van der Waals surface area contributed by atoms with Gasteiger partial charge in [-0.2, -0.15) is 0 Å². The number of carbonyl (C=O) groups excluding carboxylic acids is 1. The van der Waals surface area contributed by atoms with E-state index in [0.717, 1.165) is 18.4 Å². The number of carbonyl (C=O) groups is 2. The van der Waals surface area contributed by atoms with E-state index >= 15 is 0 Å². The summed E-state index contributed by atoms with van der Waals surface area (Å²) < 4.78 is 0. The van der Waals surface area contributed by atoms with Crippen LogP contribution in [0.3, 0.4) is 0 Å². The number of aliphatic carboxylic acids is 1. The molecule has 1 amide bonds. The highest BCUT2D eigenvalue weighted by atomic mass is 16.4. The van der Waals surface area contributed by atoms with E-state index in [1.165, 1.54) is 4.90 Å². The first-order valence-corrected chi connectivity index (χ1v) is 7.39. The largest absolute Gasteiger partial charge is 0.480 e. The quantitative estimate of drug-likeness (QED) is 0.906. The summed E-state index contributed by atoms with van der Waals surface area (Å²) >= 11 is 0. The molecule has 4 nitrogen and oxygen atoms in total. The monoisotopic (exact) mass is 289 g/mol. The van der Waals surface area contributed by atoms with E-state index in [1.54, 1.807) is 12.1 Å². The molecule has 2 rings (SSSR count). The molecule has 0 unspecified atom stereocenters. The molecule has 21 heavy (non-hydrogen) atoms. The zero-order valence-corrected chi connectivity index (χ0v) is 12.9. The molecule has 0 bridgehead atoms. The maximum Gasteiger partial charge on any atom is 0.323 e. The first-order chi connectivity index (χ1) is 9.77. The lowest BCUT2D eigenvalue weighted by atomic mass is 9.86. The minimum atomic E-state index is -0.963. The second kappa shape index (κ2) is 5.88. The Hall–Kier alpha value is -1.84. The van der Waals surface area contributed by atoms with Crippen molar-refractivity contribution in [1.29, 1.82) is 0 Å². The van der Waals surface area contributed by atoms with Gasteiger partial charge >= 0.3 is 5.97 Å². The van der Waals surface area contributed by atoms with Gasteiger partial charge in [0, 0.05) is 12.1 Å². The Morgan fingerprint density at radius 2 is 1.76 bits per heavy atom. The highest BCUT2D eigenvalue weighted by Crippen LogP contribution is 2.30. The van der Waals surface area contributed by atoms with Gasteiger partial charge in [0.2, 0.25) is 0 Å². The van der Waals surface area contributed by atoms with Crippen LogP contribution in [0.2, 0.25) is 0 Å². The average molecular weight is 289 g/mol. The van der Waals surface area contributed by atoms with Gasteiger partial charge < -0.3 is 10.0 Å². The molecule has 1 N–H and O–H groups in total. The van der Waals surface area contributed by atoms with E-state index in [4.69, 9.17) is 5.11 Å². The molecule has 1 saturated carbocycles. The van der Waals surface area contributed by atoms with Gasteiger partial charge in [0.15, 0.2) is 0 Å². The van der Waals surface area contributed by atoms with Gasteiger partial charge in [0.25, 0.3) is 5.91 Å². The summed E-state index contributed by atoms with van der Waals surface area (Å²) in [4.78, 5) is 24.9. The minimum Gasteiger partial charge on any atom is -0.480 e. The standard InChI is InChI=1S/C17H23NO3/c1-17(2,3)14-8-6-13(7-9-14)16(21)18(11-15(19)20)10-12-4-5-12/h6-9,12H,4-5,10-11H2,1-3H3,(H,19,20). The minimum absolute atomic E-state index is 0.0380. The molecule has 1 aromatic rings. The van der Waals surface area contributed by atoms with Crippen LogP contribution >= 0.6 is 0 Å². The zero-order valence-electron chi connectivity index (χ0n) is 12.9. The normalized spacial score (nSPS) is 14.8. The molecule has 0 saturated heterocycles. The number of carboxylic acid groups (broad SMARTS) is 1.